The smallest absolute Gasteiger partial charge is 0.264 e. The SMILES string of the molecule is O=C(NCC1CCCN(c2ccccc2)C1)c1cnns1. The lowest BCUT2D eigenvalue weighted by Crippen LogP contribution is -2.40. The molecule has 1 fully saturated rings. The Morgan fingerprint density at radius 1 is 1.38 bits per heavy atom. The fourth-order valence-electron chi connectivity index (χ4n) is 2.70. The number of nitrogens with zero attached hydrogens (tertiary/aromatic N) is 3. The molecule has 0 spiro atoms. The Bertz CT molecular complexity index is 573. The molecule has 1 aliphatic heterocycles. The lowest BCUT2D eigenvalue weighted by molar-refractivity contribution is 0.0949. The standard InChI is InChI=1S/C15H18N4OS/c20-15(14-10-17-18-21-14)16-9-12-5-4-8-19(11-12)13-6-2-1-3-7-13/h1-3,6-7,10,12H,4-5,8-9,11H2,(H,16,20). The van der Waals surface area contributed by atoms with E-state index >= 15 is 0 Å². The number of hydrogen-bond acceptors (Lipinski definition) is 5. The zero-order valence-corrected chi connectivity index (χ0v) is 12.6. The van der Waals surface area contributed by atoms with Gasteiger partial charge in [-0.25, -0.2) is 0 Å². The Balaban J connectivity index is 1.53. The minimum atomic E-state index is -0.0677. The van der Waals surface area contributed by atoms with Gasteiger partial charge in [-0.15, -0.1) is 5.10 Å². The molecule has 1 N–H and O–H groups in total. The molecular formula is C15H18N4OS. The first kappa shape index (κ1) is 14.0. The third kappa shape index (κ3) is 3.58. The maximum atomic E-state index is 11.9. The molecule has 0 aliphatic carbocycles. The van der Waals surface area contributed by atoms with Crippen LogP contribution in [0, 0.1) is 5.92 Å². The average Bonchev–Trinajstić information content (AvgIpc) is 3.08. The summed E-state index contributed by atoms with van der Waals surface area (Å²) in [5, 5.41) is 6.68. The van der Waals surface area contributed by atoms with Gasteiger partial charge in [-0.3, -0.25) is 4.79 Å². The Hall–Kier alpha value is -1.95. The molecule has 1 aromatic heterocycles. The summed E-state index contributed by atoms with van der Waals surface area (Å²) in [5.41, 5.74) is 1.26. The zero-order chi connectivity index (χ0) is 14.5. The van der Waals surface area contributed by atoms with Crippen LogP contribution in [0.1, 0.15) is 22.5 Å². The predicted octanol–water partition coefficient (Wildman–Crippen LogP) is 2.18. The van der Waals surface area contributed by atoms with Crippen molar-refractivity contribution in [2.45, 2.75) is 12.8 Å². The lowest BCUT2D eigenvalue weighted by Gasteiger charge is -2.34. The van der Waals surface area contributed by atoms with Gasteiger partial charge in [0.15, 0.2) is 0 Å². The Kier molecular flexibility index (Phi) is 4.45. The fourth-order valence-corrected chi connectivity index (χ4v) is 3.13. The predicted molar refractivity (Wildman–Crippen MR) is 83.6 cm³/mol. The van der Waals surface area contributed by atoms with Crippen LogP contribution in [0.15, 0.2) is 36.5 Å². The van der Waals surface area contributed by atoms with Crippen LogP contribution in [-0.2, 0) is 0 Å². The van der Waals surface area contributed by atoms with Crippen molar-refractivity contribution in [3.05, 3.63) is 41.4 Å². The van der Waals surface area contributed by atoms with Gasteiger partial charge in [0.2, 0.25) is 0 Å². The van der Waals surface area contributed by atoms with Crippen molar-refractivity contribution in [1.29, 1.82) is 0 Å². The van der Waals surface area contributed by atoms with Crippen LogP contribution in [-0.4, -0.2) is 35.1 Å². The second-order valence-corrected chi connectivity index (χ2v) is 6.07. The Morgan fingerprint density at radius 3 is 3.00 bits per heavy atom. The number of amides is 1. The van der Waals surface area contributed by atoms with E-state index in [1.807, 2.05) is 6.07 Å². The van der Waals surface area contributed by atoms with Crippen molar-refractivity contribution in [3.8, 4) is 0 Å². The number of carbonyl (C=O) groups is 1. The van der Waals surface area contributed by atoms with Crippen LogP contribution in [0.5, 0.6) is 0 Å². The monoisotopic (exact) mass is 302 g/mol. The molecule has 0 bridgehead atoms. The summed E-state index contributed by atoms with van der Waals surface area (Å²) in [6, 6.07) is 10.5. The highest BCUT2D eigenvalue weighted by Gasteiger charge is 2.21. The number of rotatable bonds is 4. The summed E-state index contributed by atoms with van der Waals surface area (Å²) >= 11 is 1.13. The third-order valence-electron chi connectivity index (χ3n) is 3.78. The highest BCUT2D eigenvalue weighted by molar-refractivity contribution is 7.07. The molecule has 110 valence electrons. The van der Waals surface area contributed by atoms with Gasteiger partial charge >= 0.3 is 0 Å². The van der Waals surface area contributed by atoms with Gasteiger partial charge in [-0.2, -0.15) is 0 Å². The largest absolute Gasteiger partial charge is 0.371 e. The van der Waals surface area contributed by atoms with Crippen molar-refractivity contribution >= 4 is 23.1 Å². The summed E-state index contributed by atoms with van der Waals surface area (Å²) in [6.07, 6.45) is 3.83. The minimum Gasteiger partial charge on any atom is -0.371 e. The van der Waals surface area contributed by atoms with Crippen LogP contribution in [0.25, 0.3) is 0 Å². The zero-order valence-electron chi connectivity index (χ0n) is 11.7. The highest BCUT2D eigenvalue weighted by atomic mass is 32.1. The van der Waals surface area contributed by atoms with Gasteiger partial charge in [0.05, 0.1) is 6.20 Å². The van der Waals surface area contributed by atoms with E-state index < -0.39 is 0 Å². The van der Waals surface area contributed by atoms with Gasteiger partial charge in [0.1, 0.15) is 4.88 Å². The Morgan fingerprint density at radius 2 is 2.24 bits per heavy atom. The summed E-state index contributed by atoms with van der Waals surface area (Å²) < 4.78 is 3.71. The van der Waals surface area contributed by atoms with Crippen molar-refractivity contribution in [3.63, 3.8) is 0 Å². The molecule has 1 unspecified atom stereocenters. The van der Waals surface area contributed by atoms with Crippen molar-refractivity contribution in [2.24, 2.45) is 5.92 Å². The van der Waals surface area contributed by atoms with E-state index in [2.05, 4.69) is 44.1 Å². The number of hydrogen-bond donors (Lipinski definition) is 1. The molecule has 1 amide bonds. The van der Waals surface area contributed by atoms with E-state index in [1.54, 1.807) is 0 Å². The number of carbonyl (C=O) groups excluding carboxylic acids is 1. The third-order valence-corrected chi connectivity index (χ3v) is 4.44. The summed E-state index contributed by atoms with van der Waals surface area (Å²) in [7, 11) is 0. The highest BCUT2D eigenvalue weighted by Crippen LogP contribution is 2.22. The van der Waals surface area contributed by atoms with Crippen molar-refractivity contribution in [2.75, 3.05) is 24.5 Å². The molecule has 1 saturated heterocycles. The van der Waals surface area contributed by atoms with Gasteiger partial charge in [0.25, 0.3) is 5.91 Å². The van der Waals surface area contributed by atoms with Gasteiger partial charge < -0.3 is 10.2 Å². The van der Waals surface area contributed by atoms with Crippen LogP contribution >= 0.6 is 11.5 Å². The maximum Gasteiger partial charge on any atom is 0.264 e. The first-order chi connectivity index (χ1) is 10.3. The van der Waals surface area contributed by atoms with Gasteiger partial charge in [0, 0.05) is 25.3 Å². The molecular weight excluding hydrogens is 284 g/mol. The van der Waals surface area contributed by atoms with E-state index in [4.69, 9.17) is 0 Å². The van der Waals surface area contributed by atoms with Crippen LogP contribution in [0.2, 0.25) is 0 Å². The first-order valence-corrected chi connectivity index (χ1v) is 7.96. The normalized spacial score (nSPS) is 18.5. The average molecular weight is 302 g/mol. The van der Waals surface area contributed by atoms with E-state index in [-0.39, 0.29) is 5.91 Å². The molecule has 3 rings (SSSR count). The summed E-state index contributed by atoms with van der Waals surface area (Å²) in [5.74, 6) is 0.422. The number of piperidine rings is 1. The van der Waals surface area contributed by atoms with E-state index in [9.17, 15) is 4.79 Å². The number of aromatic nitrogens is 2. The van der Waals surface area contributed by atoms with Crippen molar-refractivity contribution in [1.82, 2.24) is 14.9 Å². The number of nitrogens with one attached hydrogen (secondary N) is 1. The first-order valence-electron chi connectivity index (χ1n) is 7.18. The van der Waals surface area contributed by atoms with Gasteiger partial charge in [-0.05, 0) is 42.4 Å². The van der Waals surface area contributed by atoms with Crippen LogP contribution in [0.4, 0.5) is 5.69 Å². The second kappa shape index (κ2) is 6.67. The summed E-state index contributed by atoms with van der Waals surface area (Å²) in [6.45, 7) is 2.79. The molecule has 0 saturated carbocycles. The number of anilines is 1. The molecule has 2 heterocycles. The van der Waals surface area contributed by atoms with Gasteiger partial charge in [-0.1, -0.05) is 22.7 Å². The van der Waals surface area contributed by atoms with Crippen molar-refractivity contribution < 1.29 is 4.79 Å². The second-order valence-electron chi connectivity index (χ2n) is 5.28. The molecule has 5 nitrogen and oxygen atoms in total. The number of benzene rings is 1. The van der Waals surface area contributed by atoms with E-state index in [0.717, 1.165) is 37.5 Å². The van der Waals surface area contributed by atoms with Crippen LogP contribution < -0.4 is 10.2 Å². The van der Waals surface area contributed by atoms with E-state index in [0.29, 0.717) is 17.3 Å². The molecule has 6 heteroatoms. The Labute approximate surface area is 128 Å². The summed E-state index contributed by atoms with van der Waals surface area (Å²) in [4.78, 5) is 14.9. The van der Waals surface area contributed by atoms with E-state index in [1.165, 1.54) is 11.9 Å². The molecule has 1 atom stereocenters. The maximum absolute atomic E-state index is 11.9. The molecule has 1 aromatic carbocycles. The molecule has 1 aliphatic rings. The molecule has 21 heavy (non-hydrogen) atoms. The quantitative estimate of drug-likeness (QED) is 0.940. The fraction of sp³-hybridized carbons (Fsp3) is 0.400. The van der Waals surface area contributed by atoms with Crippen LogP contribution in [0.3, 0.4) is 0 Å². The minimum absolute atomic E-state index is 0.0677. The number of para-hydroxylation sites is 1. The molecule has 2 aromatic rings. The topological polar surface area (TPSA) is 58.1 Å². The lowest BCUT2D eigenvalue weighted by atomic mass is 9.97. The molecule has 0 radical (unpaired) electrons.